The highest BCUT2D eigenvalue weighted by molar-refractivity contribution is 5.98. The number of rotatable bonds is 10. The fourth-order valence-corrected chi connectivity index (χ4v) is 9.56. The van der Waals surface area contributed by atoms with E-state index in [0.717, 1.165) is 48.2 Å². The first-order valence-electron chi connectivity index (χ1n) is 21.9. The zero-order valence-electron chi connectivity index (χ0n) is 36.2. The molecule has 5 aliphatic rings. The van der Waals surface area contributed by atoms with Crippen molar-refractivity contribution in [3.05, 3.63) is 112 Å². The molecule has 9 rings (SSSR count). The van der Waals surface area contributed by atoms with Gasteiger partial charge in [0.2, 0.25) is 11.3 Å². The minimum Gasteiger partial charge on any atom is -0.456 e. The second-order valence-electron chi connectivity index (χ2n) is 17.2. The molecule has 0 radical (unpaired) electrons. The van der Waals surface area contributed by atoms with E-state index in [9.17, 15) is 24.0 Å². The van der Waals surface area contributed by atoms with E-state index in [-0.39, 0.29) is 53.4 Å². The monoisotopic (exact) mass is 868 g/mol. The molecule has 4 amide bonds. The Morgan fingerprint density at radius 1 is 0.812 bits per heavy atom. The Kier molecular flexibility index (Phi) is 11.7. The first-order valence-corrected chi connectivity index (χ1v) is 21.9. The Hall–Kier alpha value is -6.97. The molecule has 332 valence electrons. The number of ether oxygens (including phenoxy) is 2. The lowest BCUT2D eigenvalue weighted by molar-refractivity contribution is -0.134. The van der Waals surface area contributed by atoms with Crippen LogP contribution in [0.3, 0.4) is 0 Å². The number of benzene rings is 3. The van der Waals surface area contributed by atoms with Gasteiger partial charge in [0, 0.05) is 13.1 Å². The van der Waals surface area contributed by atoms with E-state index >= 15 is 0 Å². The quantitative estimate of drug-likeness (QED) is 0.155. The van der Waals surface area contributed by atoms with E-state index in [4.69, 9.17) is 23.9 Å². The zero-order valence-corrected chi connectivity index (χ0v) is 36.2. The average molecular weight is 869 g/mol. The Morgan fingerprint density at radius 3 is 2.27 bits per heavy atom. The van der Waals surface area contributed by atoms with Crippen LogP contribution in [0.1, 0.15) is 68.3 Å². The van der Waals surface area contributed by atoms with Gasteiger partial charge in [-0.05, 0) is 78.1 Å². The summed E-state index contributed by atoms with van der Waals surface area (Å²) in [6, 6.07) is 17.7. The molecule has 5 heterocycles. The van der Waals surface area contributed by atoms with Gasteiger partial charge < -0.3 is 45.0 Å². The Balaban J connectivity index is 0.881. The van der Waals surface area contributed by atoms with E-state index in [1.54, 1.807) is 23.1 Å². The molecule has 64 heavy (non-hydrogen) atoms. The molecule has 16 nitrogen and oxygen atoms in total. The van der Waals surface area contributed by atoms with E-state index in [1.165, 1.54) is 14.2 Å². The lowest BCUT2D eigenvalue weighted by atomic mass is 9.94. The molecule has 4 aliphatic heterocycles. The number of amides is 4. The molecule has 1 aliphatic carbocycles. The van der Waals surface area contributed by atoms with Crippen LogP contribution in [0.2, 0.25) is 0 Å². The largest absolute Gasteiger partial charge is 0.456 e. The molecule has 7 atom stereocenters. The maximum absolute atomic E-state index is 14.0. The van der Waals surface area contributed by atoms with Gasteiger partial charge in [-0.2, -0.15) is 0 Å². The van der Waals surface area contributed by atoms with Crippen LogP contribution in [0, 0.1) is 5.92 Å². The summed E-state index contributed by atoms with van der Waals surface area (Å²) >= 11 is 0. The molecular formula is C48H52N8O8. The summed E-state index contributed by atoms with van der Waals surface area (Å²) in [6.45, 7) is 5.32. The highest BCUT2D eigenvalue weighted by atomic mass is 16.5. The van der Waals surface area contributed by atoms with Crippen LogP contribution in [-0.4, -0.2) is 110 Å². The van der Waals surface area contributed by atoms with Gasteiger partial charge in [-0.15, -0.1) is 0 Å². The van der Waals surface area contributed by atoms with Crippen molar-refractivity contribution in [2.24, 2.45) is 15.9 Å². The summed E-state index contributed by atoms with van der Waals surface area (Å²) in [5, 5.41) is 13.5. The summed E-state index contributed by atoms with van der Waals surface area (Å²) in [6.07, 6.45) is 7.98. The number of amidine groups is 2. The number of hydrogen-bond donors (Lipinski definition) is 4. The minimum atomic E-state index is -0.912. The molecule has 2 fully saturated rings. The van der Waals surface area contributed by atoms with E-state index in [1.807, 2.05) is 73.4 Å². The molecule has 3 aromatic carbocycles. The highest BCUT2D eigenvalue weighted by Crippen LogP contribution is 2.33. The molecule has 0 bridgehead atoms. The molecule has 1 aromatic heterocycles. The molecule has 0 spiro atoms. The number of methoxy groups -OCH3 is 2. The predicted octanol–water partition coefficient (Wildman–Crippen LogP) is 5.14. The molecular weight excluding hydrogens is 817 g/mol. The van der Waals surface area contributed by atoms with Crippen molar-refractivity contribution in [2.45, 2.75) is 81.8 Å². The summed E-state index contributed by atoms with van der Waals surface area (Å²) in [5.74, 6) is 0.940. The van der Waals surface area contributed by atoms with Gasteiger partial charge in [0.1, 0.15) is 34.9 Å². The van der Waals surface area contributed by atoms with Crippen LogP contribution in [0.5, 0.6) is 0 Å². The second kappa shape index (κ2) is 17.7. The van der Waals surface area contributed by atoms with Crippen LogP contribution in [0.4, 0.5) is 9.59 Å². The summed E-state index contributed by atoms with van der Waals surface area (Å²) in [5.41, 5.74) is 4.18. The summed E-state index contributed by atoms with van der Waals surface area (Å²) in [4.78, 5) is 79.5. The fourth-order valence-electron chi connectivity index (χ4n) is 9.56. The SMILES string of the molecule is COC(=O)N[C@H](C(=O)N1CCC[C@H]1C1=NC2C=CC(c3ccc4c(=O)c5cc(C6CN=C([C@@H]7CCCN7C(=O)[C@H](NC(=O)OC)c7ccccc7)N6)ccc5oc4c3)=CC2N1)C(C)C. The maximum atomic E-state index is 14.0. The van der Waals surface area contributed by atoms with Gasteiger partial charge in [0.25, 0.3) is 5.91 Å². The van der Waals surface area contributed by atoms with Gasteiger partial charge in [-0.3, -0.25) is 24.4 Å². The van der Waals surface area contributed by atoms with E-state index < -0.39 is 24.3 Å². The molecule has 4 aromatic rings. The van der Waals surface area contributed by atoms with Gasteiger partial charge in [-0.25, -0.2) is 9.59 Å². The lowest BCUT2D eigenvalue weighted by Crippen LogP contribution is -2.55. The molecule has 16 heteroatoms. The van der Waals surface area contributed by atoms with Gasteiger partial charge in [0.05, 0.1) is 61.7 Å². The number of carbonyl (C=O) groups is 4. The van der Waals surface area contributed by atoms with Gasteiger partial charge in [-0.1, -0.05) is 74.5 Å². The second-order valence-corrected chi connectivity index (χ2v) is 17.2. The lowest BCUT2D eigenvalue weighted by Gasteiger charge is -2.31. The third kappa shape index (κ3) is 8.08. The van der Waals surface area contributed by atoms with Gasteiger partial charge in [0.15, 0.2) is 0 Å². The zero-order chi connectivity index (χ0) is 44.6. The maximum Gasteiger partial charge on any atom is 0.407 e. The Labute approximate surface area is 369 Å². The molecule has 2 saturated heterocycles. The predicted molar refractivity (Wildman–Crippen MR) is 242 cm³/mol. The number of carbonyl (C=O) groups excluding carboxylic acids is 4. The third-order valence-electron chi connectivity index (χ3n) is 12.9. The molecule has 0 saturated carbocycles. The topological polar surface area (TPSA) is 196 Å². The summed E-state index contributed by atoms with van der Waals surface area (Å²) in [7, 11) is 2.55. The highest BCUT2D eigenvalue weighted by Gasteiger charge is 2.42. The first-order chi connectivity index (χ1) is 31.0. The fraction of sp³-hybridized carbons (Fsp3) is 0.396. The smallest absolute Gasteiger partial charge is 0.407 e. The van der Waals surface area contributed by atoms with Crippen molar-refractivity contribution in [3.8, 4) is 0 Å². The van der Waals surface area contributed by atoms with Crippen LogP contribution in [0.15, 0.2) is 104 Å². The molecule has 3 unspecified atom stereocenters. The molecule has 4 N–H and O–H groups in total. The van der Waals surface area contributed by atoms with E-state index in [0.29, 0.717) is 53.0 Å². The number of fused-ring (bicyclic) bond motifs is 3. The average Bonchev–Trinajstić information content (AvgIpc) is 4.16. The van der Waals surface area contributed by atoms with Crippen molar-refractivity contribution in [2.75, 3.05) is 33.9 Å². The normalized spacial score (nSPS) is 23.5. The van der Waals surface area contributed by atoms with Crippen LogP contribution < -0.4 is 26.7 Å². The summed E-state index contributed by atoms with van der Waals surface area (Å²) < 4.78 is 16.0. The minimum absolute atomic E-state index is 0.125. The Bertz CT molecular complexity index is 2690. The number of aliphatic imine (C=N–C) groups is 2. The van der Waals surface area contributed by atoms with Crippen LogP contribution in [0.25, 0.3) is 27.5 Å². The number of likely N-dealkylation sites (tertiary alicyclic amines) is 2. The third-order valence-corrected chi connectivity index (χ3v) is 12.9. The van der Waals surface area contributed by atoms with Gasteiger partial charge >= 0.3 is 12.2 Å². The van der Waals surface area contributed by atoms with Crippen LogP contribution >= 0.6 is 0 Å². The number of allylic oxidation sites excluding steroid dienone is 2. The van der Waals surface area contributed by atoms with E-state index in [2.05, 4.69) is 33.4 Å². The van der Waals surface area contributed by atoms with Crippen molar-refractivity contribution in [3.63, 3.8) is 0 Å². The first kappa shape index (κ1) is 42.3. The van der Waals surface area contributed by atoms with Crippen molar-refractivity contribution in [1.82, 2.24) is 31.1 Å². The number of hydrogen-bond acceptors (Lipinski definition) is 12. The number of nitrogens with one attached hydrogen (secondary N) is 4. The number of nitrogens with zero attached hydrogens (tertiary/aromatic N) is 4. The Morgan fingerprint density at radius 2 is 1.53 bits per heavy atom. The number of alkyl carbamates (subject to hydrolysis) is 2. The van der Waals surface area contributed by atoms with Crippen molar-refractivity contribution < 1.29 is 33.1 Å². The van der Waals surface area contributed by atoms with Crippen molar-refractivity contribution in [1.29, 1.82) is 0 Å². The van der Waals surface area contributed by atoms with Crippen molar-refractivity contribution >= 4 is 63.2 Å². The standard InChI is InChI=1S/C48H52N8O8/c1-26(2)40(53-47(60)62-3)45(58)56-21-9-13-37(56)44-50-33-18-15-28(23-34(33)51-44)29-14-17-31-39(24-29)64-38-19-16-30(22-32(38)42(31)57)35-25-49-43(52-35)36-12-8-20-55(36)46(59)41(54-48(61)63-4)27-10-6-5-7-11-27/h5-7,10-11,14-19,22-24,26,33-37,40-41H,8-9,12-13,20-21,25H2,1-4H3,(H,49,52)(H,50,51)(H,53,60)(H,54,61)/t33?,34?,35?,36-,37-,40-,41+/m0/s1. The van der Waals surface area contributed by atoms with Crippen LogP contribution in [-0.2, 0) is 19.1 Å².